The second-order valence-corrected chi connectivity index (χ2v) is 8.32. The lowest BCUT2D eigenvalue weighted by molar-refractivity contribution is -0.165. The molecule has 0 radical (unpaired) electrons. The molecule has 3 atom stereocenters. The molecule has 3 rings (SSSR count). The summed E-state index contributed by atoms with van der Waals surface area (Å²) in [5, 5.41) is 14.2. The van der Waals surface area contributed by atoms with E-state index in [1.54, 1.807) is 5.01 Å². The van der Waals surface area contributed by atoms with Gasteiger partial charge in [0.05, 0.1) is 5.25 Å². The molecule has 8 nitrogen and oxygen atoms in total. The number of carbonyl (C=O) groups is 4. The van der Waals surface area contributed by atoms with Crippen LogP contribution in [0.25, 0.3) is 0 Å². The molecule has 0 aliphatic carbocycles. The molecule has 2 amide bonds. The third kappa shape index (κ3) is 4.53. The van der Waals surface area contributed by atoms with Crippen molar-refractivity contribution in [2.24, 2.45) is 0 Å². The Morgan fingerprint density at radius 1 is 1.29 bits per heavy atom. The largest absolute Gasteiger partial charge is 0.480 e. The van der Waals surface area contributed by atoms with Crippen molar-refractivity contribution in [1.29, 1.82) is 0 Å². The van der Waals surface area contributed by atoms with Gasteiger partial charge in [0.25, 0.3) is 5.91 Å². The van der Waals surface area contributed by atoms with E-state index < -0.39 is 35.1 Å². The van der Waals surface area contributed by atoms with Gasteiger partial charge in [0.15, 0.2) is 5.12 Å². The average molecular weight is 405 g/mol. The molecule has 0 saturated carbocycles. The normalized spacial score (nSPS) is 23.2. The van der Waals surface area contributed by atoms with Crippen molar-refractivity contribution in [3.05, 3.63) is 35.9 Å². The van der Waals surface area contributed by atoms with Crippen LogP contribution in [0.5, 0.6) is 0 Å². The van der Waals surface area contributed by atoms with Crippen molar-refractivity contribution in [3.63, 3.8) is 0 Å². The summed E-state index contributed by atoms with van der Waals surface area (Å²) >= 11 is 0.934. The van der Waals surface area contributed by atoms with Gasteiger partial charge in [0.2, 0.25) is 5.91 Å². The third-order valence-electron chi connectivity index (χ3n) is 4.88. The number of nitrogens with zero attached hydrogens (tertiary/aromatic N) is 2. The highest BCUT2D eigenvalue weighted by Gasteiger charge is 2.47. The molecule has 2 fully saturated rings. The van der Waals surface area contributed by atoms with Crippen LogP contribution in [-0.4, -0.2) is 68.4 Å². The fourth-order valence-corrected chi connectivity index (χ4v) is 4.48. The van der Waals surface area contributed by atoms with E-state index in [9.17, 15) is 24.3 Å². The van der Waals surface area contributed by atoms with Gasteiger partial charge in [-0.3, -0.25) is 19.4 Å². The maximum Gasteiger partial charge on any atom is 0.328 e. The van der Waals surface area contributed by atoms with Gasteiger partial charge in [-0.15, -0.1) is 0 Å². The van der Waals surface area contributed by atoms with E-state index >= 15 is 0 Å². The number of hydrazine groups is 1. The molecule has 2 aliphatic rings. The minimum atomic E-state index is -1.04. The number of carbonyl (C=O) groups excluding carboxylic acids is 3. The lowest BCUT2D eigenvalue weighted by Gasteiger charge is -2.36. The molecule has 28 heavy (non-hydrogen) atoms. The Bertz CT molecular complexity index is 772. The molecule has 2 N–H and O–H groups in total. The quantitative estimate of drug-likeness (QED) is 0.716. The first kappa shape index (κ1) is 20.3. The summed E-state index contributed by atoms with van der Waals surface area (Å²) in [4.78, 5) is 48.6. The van der Waals surface area contributed by atoms with Crippen LogP contribution in [0.2, 0.25) is 0 Å². The van der Waals surface area contributed by atoms with E-state index in [4.69, 9.17) is 0 Å². The fraction of sp³-hybridized carbons (Fsp3) is 0.474. The van der Waals surface area contributed by atoms with Crippen LogP contribution in [0, 0.1) is 0 Å². The molecule has 1 unspecified atom stereocenters. The van der Waals surface area contributed by atoms with E-state index in [0.717, 1.165) is 17.3 Å². The zero-order valence-electron chi connectivity index (χ0n) is 15.5. The number of hydrogen-bond donors (Lipinski definition) is 2. The predicted octanol–water partition coefficient (Wildman–Crippen LogP) is 0.668. The molecule has 0 bridgehead atoms. The Kier molecular flexibility index (Phi) is 6.35. The highest BCUT2D eigenvalue weighted by atomic mass is 32.2. The van der Waals surface area contributed by atoms with Gasteiger partial charge in [-0.05, 0) is 24.8 Å². The Hall–Kier alpha value is -2.39. The van der Waals surface area contributed by atoms with Gasteiger partial charge < -0.3 is 10.4 Å². The maximum atomic E-state index is 12.8. The van der Waals surface area contributed by atoms with Crippen LogP contribution in [0.3, 0.4) is 0 Å². The van der Waals surface area contributed by atoms with E-state index in [1.807, 2.05) is 30.3 Å². The van der Waals surface area contributed by atoms with Crippen LogP contribution < -0.4 is 5.32 Å². The van der Waals surface area contributed by atoms with Crippen molar-refractivity contribution in [1.82, 2.24) is 15.3 Å². The number of thioether (sulfide) groups is 1. The number of fused-ring (bicyclic) bond motifs is 1. The molecule has 9 heteroatoms. The van der Waals surface area contributed by atoms with Gasteiger partial charge in [0.1, 0.15) is 12.1 Å². The first-order valence-electron chi connectivity index (χ1n) is 9.19. The van der Waals surface area contributed by atoms with Gasteiger partial charge in [-0.25, -0.2) is 9.80 Å². The molecular formula is C19H23N3O5S. The number of hydrogen-bond acceptors (Lipinski definition) is 6. The lowest BCUT2D eigenvalue weighted by Crippen LogP contribution is -2.54. The summed E-state index contributed by atoms with van der Waals surface area (Å²) in [6.07, 6.45) is 1.44. The average Bonchev–Trinajstić information content (AvgIpc) is 2.97. The zero-order chi connectivity index (χ0) is 20.3. The maximum absolute atomic E-state index is 12.8. The van der Waals surface area contributed by atoms with E-state index in [1.165, 1.54) is 11.9 Å². The smallest absolute Gasteiger partial charge is 0.328 e. The topological polar surface area (TPSA) is 107 Å². The first-order chi connectivity index (χ1) is 13.4. The predicted molar refractivity (Wildman–Crippen MR) is 103 cm³/mol. The Labute approximate surface area is 167 Å². The van der Waals surface area contributed by atoms with Gasteiger partial charge >= 0.3 is 5.97 Å². The zero-order valence-corrected chi connectivity index (χ0v) is 16.4. The van der Waals surface area contributed by atoms with Crippen molar-refractivity contribution in [2.75, 3.05) is 13.1 Å². The van der Waals surface area contributed by atoms with Crippen LogP contribution in [0.1, 0.15) is 25.3 Å². The summed E-state index contributed by atoms with van der Waals surface area (Å²) in [5.74, 6) is -1.85. The van der Waals surface area contributed by atoms with Crippen molar-refractivity contribution >= 4 is 34.7 Å². The number of nitrogens with one attached hydrogen (secondary N) is 1. The van der Waals surface area contributed by atoms with Crippen molar-refractivity contribution in [2.45, 2.75) is 43.5 Å². The van der Waals surface area contributed by atoms with Crippen LogP contribution in [0.15, 0.2) is 30.3 Å². The first-order valence-corrected chi connectivity index (χ1v) is 10.1. The number of carboxylic acid groups (broad SMARTS) is 1. The SMILES string of the molecule is CC(=O)S[C@H](Cc1ccccc1)C(=O)NC1CN2CCC[C@@H](C(=O)O)N2C1=O. The molecule has 2 aliphatic heterocycles. The third-order valence-corrected chi connectivity index (χ3v) is 5.87. The number of amides is 2. The summed E-state index contributed by atoms with van der Waals surface area (Å²) in [6, 6.07) is 7.66. The monoisotopic (exact) mass is 405 g/mol. The minimum absolute atomic E-state index is 0.180. The standard InChI is InChI=1S/C19H23N3O5S/c1-12(23)28-16(10-13-6-3-2-4-7-13)17(24)20-14-11-21-9-5-8-15(19(26)27)22(21)18(14)25/h2-4,6-7,14-16H,5,8-11H2,1H3,(H,20,24)(H,26,27)/t14?,15-,16+/m0/s1. The lowest BCUT2D eigenvalue weighted by atomic mass is 10.1. The fourth-order valence-electron chi connectivity index (χ4n) is 3.63. The molecule has 150 valence electrons. The van der Waals surface area contributed by atoms with Gasteiger partial charge in [-0.1, -0.05) is 42.1 Å². The van der Waals surface area contributed by atoms with Gasteiger partial charge in [-0.2, -0.15) is 0 Å². The number of carboxylic acids is 1. The van der Waals surface area contributed by atoms with Crippen molar-refractivity contribution < 1.29 is 24.3 Å². The number of benzene rings is 1. The van der Waals surface area contributed by atoms with Crippen LogP contribution >= 0.6 is 11.8 Å². The Morgan fingerprint density at radius 3 is 2.64 bits per heavy atom. The summed E-state index contributed by atoms with van der Waals surface area (Å²) in [5.41, 5.74) is 0.918. The van der Waals surface area contributed by atoms with E-state index in [2.05, 4.69) is 5.32 Å². The second-order valence-electron chi connectivity index (χ2n) is 6.94. The van der Waals surface area contributed by atoms with Gasteiger partial charge in [0, 0.05) is 20.0 Å². The summed E-state index contributed by atoms with van der Waals surface area (Å²) < 4.78 is 0. The molecular weight excluding hydrogens is 382 g/mol. The molecule has 2 heterocycles. The number of rotatable bonds is 6. The molecule has 1 aromatic carbocycles. The van der Waals surface area contributed by atoms with Crippen molar-refractivity contribution in [3.8, 4) is 0 Å². The molecule has 2 saturated heterocycles. The molecule has 0 spiro atoms. The number of aliphatic carboxylic acids is 1. The second kappa shape index (κ2) is 8.74. The van der Waals surface area contributed by atoms with Crippen LogP contribution in [-0.2, 0) is 25.6 Å². The highest BCUT2D eigenvalue weighted by Crippen LogP contribution is 2.25. The van der Waals surface area contributed by atoms with E-state index in [0.29, 0.717) is 25.8 Å². The van der Waals surface area contributed by atoms with Crippen LogP contribution in [0.4, 0.5) is 0 Å². The minimum Gasteiger partial charge on any atom is -0.480 e. The van der Waals surface area contributed by atoms with E-state index in [-0.39, 0.29) is 11.7 Å². The molecule has 1 aromatic rings. The summed E-state index contributed by atoms with van der Waals surface area (Å²) in [7, 11) is 0. The highest BCUT2D eigenvalue weighted by molar-refractivity contribution is 8.14. The molecule has 0 aromatic heterocycles. The Balaban J connectivity index is 1.70. The summed E-state index contributed by atoms with van der Waals surface area (Å²) in [6.45, 7) is 2.23. The Morgan fingerprint density at radius 2 is 2.00 bits per heavy atom.